The maximum atomic E-state index is 14.9. The number of carbonyl (C=O) groups is 3. The maximum absolute atomic E-state index is 14.9. The zero-order valence-corrected chi connectivity index (χ0v) is 18.8. The molecule has 2 aliphatic rings. The second-order valence-corrected chi connectivity index (χ2v) is 9.19. The number of hydrogen-bond donors (Lipinski definition) is 1. The van der Waals surface area contributed by atoms with Crippen LogP contribution in [0.4, 0.5) is 14.9 Å². The van der Waals surface area contributed by atoms with Gasteiger partial charge in [0.1, 0.15) is 11.6 Å². The summed E-state index contributed by atoms with van der Waals surface area (Å²) in [5.74, 6) is -1.97. The van der Waals surface area contributed by atoms with Gasteiger partial charge in [-0.25, -0.2) is 9.48 Å². The minimum atomic E-state index is -1.03. The average Bonchev–Trinajstić information content (AvgIpc) is 2.75. The Morgan fingerprint density at radius 2 is 1.82 bits per heavy atom. The fraction of sp³-hybridized carbons (Fsp3) is 0.500. The molecule has 1 aromatic carbocycles. The lowest BCUT2D eigenvalue weighted by Gasteiger charge is -2.36. The molecule has 11 heteroatoms. The molecule has 3 amide bonds. The van der Waals surface area contributed by atoms with Crippen molar-refractivity contribution in [3.8, 4) is 0 Å². The maximum Gasteiger partial charge on any atom is 0.410 e. The molecule has 1 atom stereocenters. The van der Waals surface area contributed by atoms with Crippen molar-refractivity contribution in [2.24, 2.45) is 0 Å². The van der Waals surface area contributed by atoms with Crippen molar-refractivity contribution in [3.63, 3.8) is 0 Å². The Hall–Kier alpha value is -3.50. The van der Waals surface area contributed by atoms with Crippen molar-refractivity contribution in [2.45, 2.75) is 45.3 Å². The first kappa shape index (κ1) is 22.7. The Bertz CT molecular complexity index is 1180. The predicted molar refractivity (Wildman–Crippen MR) is 117 cm³/mol. The van der Waals surface area contributed by atoms with E-state index in [9.17, 15) is 23.6 Å². The third-order valence-corrected chi connectivity index (χ3v) is 5.66. The van der Waals surface area contributed by atoms with Gasteiger partial charge in [0, 0.05) is 43.7 Å². The smallest absolute Gasteiger partial charge is 0.410 e. The van der Waals surface area contributed by atoms with Crippen molar-refractivity contribution in [1.29, 1.82) is 0 Å². The van der Waals surface area contributed by atoms with Crippen LogP contribution in [0.5, 0.6) is 0 Å². The monoisotopic (exact) mass is 459 g/mol. The number of benzene rings is 1. The van der Waals surface area contributed by atoms with Gasteiger partial charge in [-0.1, -0.05) is 0 Å². The van der Waals surface area contributed by atoms with Crippen molar-refractivity contribution in [2.75, 3.05) is 31.1 Å². The van der Waals surface area contributed by atoms with Crippen LogP contribution >= 0.6 is 0 Å². The van der Waals surface area contributed by atoms with E-state index < -0.39 is 35.0 Å². The zero-order chi connectivity index (χ0) is 23.9. The number of nitrogens with one attached hydrogen (secondary N) is 1. The number of halogens is 1. The number of piperidine rings is 1. The van der Waals surface area contributed by atoms with E-state index in [1.165, 1.54) is 6.07 Å². The lowest BCUT2D eigenvalue weighted by Crippen LogP contribution is -2.50. The highest BCUT2D eigenvalue weighted by Gasteiger charge is 2.31. The number of ether oxygens (including phenoxy) is 1. The zero-order valence-electron chi connectivity index (χ0n) is 18.8. The minimum absolute atomic E-state index is 0.0515. The molecule has 2 aromatic rings. The molecule has 176 valence electrons. The molecule has 3 heterocycles. The largest absolute Gasteiger partial charge is 0.444 e. The molecule has 0 aliphatic carbocycles. The van der Waals surface area contributed by atoms with Crippen LogP contribution in [0.2, 0.25) is 0 Å². The number of hydrogen-bond acceptors (Lipinski definition) is 7. The number of imide groups is 1. The summed E-state index contributed by atoms with van der Waals surface area (Å²) in [6.07, 6.45) is -0.231. The average molecular weight is 459 g/mol. The van der Waals surface area contributed by atoms with Crippen LogP contribution in [0.1, 0.15) is 39.7 Å². The summed E-state index contributed by atoms with van der Waals surface area (Å²) in [5, 5.41) is 6.04. The molecule has 0 saturated carbocycles. The Morgan fingerprint density at radius 3 is 2.45 bits per heavy atom. The van der Waals surface area contributed by atoms with Gasteiger partial charge in [0.25, 0.3) is 11.5 Å². The lowest BCUT2D eigenvalue weighted by atomic mass is 10.1. The Kier molecular flexibility index (Phi) is 5.81. The molecule has 1 unspecified atom stereocenters. The van der Waals surface area contributed by atoms with Crippen LogP contribution in [0.25, 0.3) is 10.8 Å². The van der Waals surface area contributed by atoms with Gasteiger partial charge in [-0.3, -0.25) is 19.7 Å². The van der Waals surface area contributed by atoms with Gasteiger partial charge in [0.05, 0.1) is 5.39 Å². The topological polar surface area (TPSA) is 114 Å². The van der Waals surface area contributed by atoms with Crippen LogP contribution in [0.15, 0.2) is 23.0 Å². The second-order valence-electron chi connectivity index (χ2n) is 9.19. The molecular weight excluding hydrogens is 433 g/mol. The van der Waals surface area contributed by atoms with Crippen LogP contribution in [-0.2, 0) is 14.3 Å². The number of piperazine rings is 1. The van der Waals surface area contributed by atoms with Gasteiger partial charge < -0.3 is 14.5 Å². The number of nitrogens with zero attached hydrogens (tertiary/aromatic N) is 4. The number of rotatable bonds is 2. The van der Waals surface area contributed by atoms with Gasteiger partial charge in [0.15, 0.2) is 0 Å². The van der Waals surface area contributed by atoms with Crippen molar-refractivity contribution in [3.05, 3.63) is 34.5 Å². The molecule has 0 bridgehead atoms. The van der Waals surface area contributed by atoms with Crippen molar-refractivity contribution < 1.29 is 23.5 Å². The number of aromatic nitrogens is 2. The Morgan fingerprint density at radius 1 is 1.12 bits per heavy atom. The first-order chi connectivity index (χ1) is 15.5. The molecule has 10 nitrogen and oxygen atoms in total. The molecule has 2 fully saturated rings. The Labute approximate surface area is 189 Å². The Balaban J connectivity index is 1.54. The molecular formula is C22H26FN5O5. The summed E-state index contributed by atoms with van der Waals surface area (Å²) in [6.45, 7) is 7.38. The molecule has 2 aliphatic heterocycles. The summed E-state index contributed by atoms with van der Waals surface area (Å²) in [4.78, 5) is 52.3. The summed E-state index contributed by atoms with van der Waals surface area (Å²) in [7, 11) is 0. The van der Waals surface area contributed by atoms with Crippen LogP contribution < -0.4 is 15.8 Å². The third-order valence-electron chi connectivity index (χ3n) is 5.66. The van der Waals surface area contributed by atoms with Crippen LogP contribution in [-0.4, -0.2) is 64.4 Å². The molecule has 1 aromatic heterocycles. The van der Waals surface area contributed by atoms with Gasteiger partial charge in [0.2, 0.25) is 11.9 Å². The van der Waals surface area contributed by atoms with E-state index in [0.29, 0.717) is 31.9 Å². The molecule has 33 heavy (non-hydrogen) atoms. The van der Waals surface area contributed by atoms with Gasteiger partial charge >= 0.3 is 6.09 Å². The number of anilines is 1. The van der Waals surface area contributed by atoms with Crippen molar-refractivity contribution in [1.82, 2.24) is 20.0 Å². The summed E-state index contributed by atoms with van der Waals surface area (Å²) >= 11 is 0. The number of fused-ring (bicyclic) bond motifs is 1. The fourth-order valence-electron chi connectivity index (χ4n) is 4.00. The second kappa shape index (κ2) is 8.45. The summed E-state index contributed by atoms with van der Waals surface area (Å²) in [6, 6.07) is 3.74. The molecule has 2 saturated heterocycles. The minimum Gasteiger partial charge on any atom is -0.444 e. The normalized spacial score (nSPS) is 19.6. The van der Waals surface area contributed by atoms with E-state index in [4.69, 9.17) is 4.74 Å². The summed E-state index contributed by atoms with van der Waals surface area (Å²) < 4.78 is 21.1. The van der Waals surface area contributed by atoms with E-state index in [2.05, 4.69) is 10.4 Å². The first-order valence-electron chi connectivity index (χ1n) is 10.8. The van der Waals surface area contributed by atoms with Crippen LogP contribution in [0, 0.1) is 5.95 Å². The standard InChI is InChI=1S/C22H26FN5O5/c1-22(2,3)33-21(32)27-10-8-26(9-11-27)13-4-5-14-15(12-13)18(23)25-28(20(14)31)16-6-7-17(29)24-19(16)30/h4-5,12,16H,6-11H2,1-3H3,(H,24,29,30). The molecule has 0 radical (unpaired) electrons. The van der Waals surface area contributed by atoms with E-state index in [1.807, 2.05) is 25.7 Å². The van der Waals surface area contributed by atoms with Crippen LogP contribution in [0.3, 0.4) is 0 Å². The molecule has 4 rings (SSSR count). The first-order valence-corrected chi connectivity index (χ1v) is 10.8. The predicted octanol–water partition coefficient (Wildman–Crippen LogP) is 1.57. The highest BCUT2D eigenvalue weighted by molar-refractivity contribution is 5.99. The van der Waals surface area contributed by atoms with Crippen molar-refractivity contribution >= 4 is 34.4 Å². The third kappa shape index (κ3) is 4.67. The van der Waals surface area contributed by atoms with Gasteiger partial charge in [-0.2, -0.15) is 4.39 Å². The molecule has 1 N–H and O–H groups in total. The lowest BCUT2D eigenvalue weighted by molar-refractivity contribution is -0.136. The van der Waals surface area contributed by atoms with E-state index in [0.717, 1.165) is 4.68 Å². The fourth-order valence-corrected chi connectivity index (χ4v) is 4.00. The SMILES string of the molecule is CC(C)(C)OC(=O)N1CCN(c2ccc3c(=O)n(C4CCC(=O)NC4=O)nc(F)c3c2)CC1. The van der Waals surface area contributed by atoms with Gasteiger partial charge in [-0.05, 0) is 45.4 Å². The number of amides is 3. The van der Waals surface area contributed by atoms with Gasteiger partial charge in [-0.15, -0.1) is 5.10 Å². The van der Waals surface area contributed by atoms with E-state index in [1.54, 1.807) is 17.0 Å². The number of carbonyl (C=O) groups excluding carboxylic acids is 3. The molecule has 0 spiro atoms. The van der Waals surface area contributed by atoms with E-state index in [-0.39, 0.29) is 29.7 Å². The summed E-state index contributed by atoms with van der Waals surface area (Å²) in [5.41, 5.74) is -0.468. The highest BCUT2D eigenvalue weighted by Crippen LogP contribution is 2.25. The van der Waals surface area contributed by atoms with E-state index >= 15 is 0 Å². The highest BCUT2D eigenvalue weighted by atomic mass is 19.1. The quantitative estimate of drug-likeness (QED) is 0.678.